The second-order valence-corrected chi connectivity index (χ2v) is 4.98. The lowest BCUT2D eigenvalue weighted by molar-refractivity contribution is 0.210. The van der Waals surface area contributed by atoms with Gasteiger partial charge < -0.3 is 15.4 Å². The Hall–Kier alpha value is -2.14. The molecule has 0 radical (unpaired) electrons. The smallest absolute Gasteiger partial charge is 0.224 e. The van der Waals surface area contributed by atoms with Gasteiger partial charge in [0.1, 0.15) is 5.82 Å². The molecule has 0 unspecified atom stereocenters. The second-order valence-electron chi connectivity index (χ2n) is 4.98. The fourth-order valence-electron chi connectivity index (χ4n) is 2.02. The van der Waals surface area contributed by atoms with E-state index in [0.717, 1.165) is 18.1 Å². The fourth-order valence-corrected chi connectivity index (χ4v) is 2.02. The van der Waals surface area contributed by atoms with Crippen molar-refractivity contribution in [2.45, 2.75) is 20.4 Å². The normalized spacial score (nSPS) is 10.4. The molecule has 0 aliphatic rings. The first-order valence-electron chi connectivity index (χ1n) is 7.05. The Morgan fingerprint density at radius 1 is 1.10 bits per heavy atom. The number of aromatic nitrogens is 2. The summed E-state index contributed by atoms with van der Waals surface area (Å²) < 4.78 is 5.01. The standard InChI is InChI=1S/C16H22N4O/c1-12-5-4-6-14(9-12)11-18-15-10-13(2)19-16(20-15)17-7-8-21-3/h4-6,9-10H,7-8,11H2,1-3H3,(H2,17,18,19,20). The highest BCUT2D eigenvalue weighted by molar-refractivity contribution is 5.42. The molecule has 5 heteroatoms. The van der Waals surface area contributed by atoms with E-state index in [2.05, 4.69) is 51.8 Å². The molecule has 0 amide bonds. The van der Waals surface area contributed by atoms with Crippen LogP contribution in [0.15, 0.2) is 30.3 Å². The van der Waals surface area contributed by atoms with Crippen molar-refractivity contribution in [3.8, 4) is 0 Å². The molecular weight excluding hydrogens is 264 g/mol. The molecule has 112 valence electrons. The average molecular weight is 286 g/mol. The zero-order valence-corrected chi connectivity index (χ0v) is 12.8. The third kappa shape index (κ3) is 5.04. The van der Waals surface area contributed by atoms with Crippen LogP contribution in [0.1, 0.15) is 16.8 Å². The van der Waals surface area contributed by atoms with Crippen molar-refractivity contribution >= 4 is 11.8 Å². The van der Waals surface area contributed by atoms with Crippen molar-refractivity contribution in [2.24, 2.45) is 0 Å². The molecule has 0 aliphatic heterocycles. The number of anilines is 2. The number of hydrogen-bond donors (Lipinski definition) is 2. The first-order valence-corrected chi connectivity index (χ1v) is 7.05. The summed E-state index contributed by atoms with van der Waals surface area (Å²) in [5.74, 6) is 1.45. The van der Waals surface area contributed by atoms with Crippen LogP contribution in [0, 0.1) is 13.8 Å². The summed E-state index contributed by atoms with van der Waals surface area (Å²) >= 11 is 0. The van der Waals surface area contributed by atoms with E-state index in [1.165, 1.54) is 11.1 Å². The van der Waals surface area contributed by atoms with E-state index in [0.29, 0.717) is 19.1 Å². The van der Waals surface area contributed by atoms with E-state index in [4.69, 9.17) is 4.74 Å². The summed E-state index contributed by atoms with van der Waals surface area (Å²) in [6, 6.07) is 10.4. The van der Waals surface area contributed by atoms with Crippen molar-refractivity contribution in [3.05, 3.63) is 47.2 Å². The maximum atomic E-state index is 5.01. The highest BCUT2D eigenvalue weighted by Gasteiger charge is 2.02. The fraction of sp³-hybridized carbons (Fsp3) is 0.375. The number of aryl methyl sites for hydroxylation is 2. The predicted octanol–water partition coefficient (Wildman–Crippen LogP) is 2.76. The van der Waals surface area contributed by atoms with Gasteiger partial charge in [-0.15, -0.1) is 0 Å². The molecule has 0 aliphatic carbocycles. The van der Waals surface area contributed by atoms with E-state index in [9.17, 15) is 0 Å². The van der Waals surface area contributed by atoms with Crippen molar-refractivity contribution < 1.29 is 4.74 Å². The van der Waals surface area contributed by atoms with Crippen LogP contribution in [0.5, 0.6) is 0 Å². The van der Waals surface area contributed by atoms with Crippen LogP contribution in [0.2, 0.25) is 0 Å². The van der Waals surface area contributed by atoms with Crippen molar-refractivity contribution in [1.82, 2.24) is 9.97 Å². The molecule has 0 fully saturated rings. The molecule has 1 aromatic heterocycles. The molecule has 5 nitrogen and oxygen atoms in total. The summed E-state index contributed by atoms with van der Waals surface area (Å²) in [6.45, 7) is 6.12. The molecule has 0 spiro atoms. The van der Waals surface area contributed by atoms with E-state index >= 15 is 0 Å². The minimum Gasteiger partial charge on any atom is -0.383 e. The van der Waals surface area contributed by atoms with Crippen LogP contribution < -0.4 is 10.6 Å². The molecule has 0 saturated carbocycles. The van der Waals surface area contributed by atoms with Crippen LogP contribution in [0.25, 0.3) is 0 Å². The van der Waals surface area contributed by atoms with Gasteiger partial charge in [0.05, 0.1) is 6.61 Å². The van der Waals surface area contributed by atoms with E-state index < -0.39 is 0 Å². The first-order chi connectivity index (χ1) is 10.2. The Balaban J connectivity index is 1.99. The van der Waals surface area contributed by atoms with Crippen molar-refractivity contribution in [3.63, 3.8) is 0 Å². The van der Waals surface area contributed by atoms with Gasteiger partial charge in [-0.1, -0.05) is 29.8 Å². The molecule has 0 atom stereocenters. The summed E-state index contributed by atoms with van der Waals surface area (Å²) in [6.07, 6.45) is 0. The van der Waals surface area contributed by atoms with Crippen LogP contribution in [0.4, 0.5) is 11.8 Å². The quantitative estimate of drug-likeness (QED) is 0.766. The Morgan fingerprint density at radius 2 is 1.95 bits per heavy atom. The molecule has 2 rings (SSSR count). The van der Waals surface area contributed by atoms with Crippen molar-refractivity contribution in [1.29, 1.82) is 0 Å². The topological polar surface area (TPSA) is 59.1 Å². The molecule has 0 saturated heterocycles. The minimum absolute atomic E-state index is 0.624. The maximum Gasteiger partial charge on any atom is 0.224 e. The van der Waals surface area contributed by atoms with Gasteiger partial charge in [-0.3, -0.25) is 0 Å². The predicted molar refractivity (Wildman–Crippen MR) is 85.6 cm³/mol. The number of rotatable bonds is 7. The molecule has 1 aromatic carbocycles. The third-order valence-corrected chi connectivity index (χ3v) is 3.00. The Labute approximate surface area is 125 Å². The molecule has 21 heavy (non-hydrogen) atoms. The molecule has 2 N–H and O–H groups in total. The zero-order valence-electron chi connectivity index (χ0n) is 12.8. The summed E-state index contributed by atoms with van der Waals surface area (Å²) in [7, 11) is 1.67. The van der Waals surface area contributed by atoms with Gasteiger partial charge in [0.25, 0.3) is 0 Å². The lowest BCUT2D eigenvalue weighted by Gasteiger charge is -2.10. The zero-order chi connectivity index (χ0) is 15.1. The van der Waals surface area contributed by atoms with E-state index in [1.807, 2.05) is 13.0 Å². The number of nitrogens with zero attached hydrogens (tertiary/aromatic N) is 2. The number of ether oxygens (including phenoxy) is 1. The van der Waals surface area contributed by atoms with Gasteiger partial charge in [0, 0.05) is 32.0 Å². The molecule has 1 heterocycles. The second kappa shape index (κ2) is 7.59. The number of methoxy groups -OCH3 is 1. The molecule has 2 aromatic rings. The highest BCUT2D eigenvalue weighted by Crippen LogP contribution is 2.12. The van der Waals surface area contributed by atoms with E-state index in [-0.39, 0.29) is 0 Å². The first kappa shape index (κ1) is 15.3. The number of benzene rings is 1. The molecule has 0 bridgehead atoms. The van der Waals surface area contributed by atoms with Crippen molar-refractivity contribution in [2.75, 3.05) is 30.9 Å². The van der Waals surface area contributed by atoms with Crippen LogP contribution >= 0.6 is 0 Å². The number of hydrogen-bond acceptors (Lipinski definition) is 5. The van der Waals surface area contributed by atoms with Gasteiger partial charge in [0.15, 0.2) is 0 Å². The lowest BCUT2D eigenvalue weighted by atomic mass is 10.1. The van der Waals surface area contributed by atoms with Gasteiger partial charge in [-0.25, -0.2) is 4.98 Å². The van der Waals surface area contributed by atoms with Gasteiger partial charge >= 0.3 is 0 Å². The van der Waals surface area contributed by atoms with Crippen LogP contribution in [0.3, 0.4) is 0 Å². The maximum absolute atomic E-state index is 5.01. The van der Waals surface area contributed by atoms with Gasteiger partial charge in [-0.2, -0.15) is 4.98 Å². The van der Waals surface area contributed by atoms with Crippen LogP contribution in [-0.4, -0.2) is 30.2 Å². The largest absolute Gasteiger partial charge is 0.383 e. The van der Waals surface area contributed by atoms with Gasteiger partial charge in [-0.05, 0) is 19.4 Å². The average Bonchev–Trinajstić information content (AvgIpc) is 2.45. The summed E-state index contributed by atoms with van der Waals surface area (Å²) in [5.41, 5.74) is 3.42. The Kier molecular flexibility index (Phi) is 5.51. The summed E-state index contributed by atoms with van der Waals surface area (Å²) in [5, 5.41) is 6.48. The third-order valence-electron chi connectivity index (χ3n) is 3.00. The SMILES string of the molecule is COCCNc1nc(C)cc(NCc2cccc(C)c2)n1. The Morgan fingerprint density at radius 3 is 2.71 bits per heavy atom. The number of nitrogens with one attached hydrogen (secondary N) is 2. The minimum atomic E-state index is 0.624. The highest BCUT2D eigenvalue weighted by atomic mass is 16.5. The van der Waals surface area contributed by atoms with E-state index in [1.54, 1.807) is 7.11 Å². The van der Waals surface area contributed by atoms with Gasteiger partial charge in [0.2, 0.25) is 5.95 Å². The Bertz CT molecular complexity index is 586. The monoisotopic (exact) mass is 286 g/mol. The lowest BCUT2D eigenvalue weighted by Crippen LogP contribution is -2.12. The molecular formula is C16H22N4O. The summed E-state index contributed by atoms with van der Waals surface area (Å²) in [4.78, 5) is 8.81. The van der Waals surface area contributed by atoms with Crippen LogP contribution in [-0.2, 0) is 11.3 Å².